The van der Waals surface area contributed by atoms with Crippen LogP contribution >= 0.6 is 0 Å². The summed E-state index contributed by atoms with van der Waals surface area (Å²) >= 11 is 0. The van der Waals surface area contributed by atoms with E-state index < -0.39 is 17.9 Å². The first-order chi connectivity index (χ1) is 12.3. The fourth-order valence-electron chi connectivity index (χ4n) is 2.50. The number of pyridine rings is 1. The molecule has 0 aliphatic heterocycles. The Morgan fingerprint density at radius 2 is 2.08 bits per heavy atom. The molecule has 0 aromatic carbocycles. The monoisotopic (exact) mass is 363 g/mol. The van der Waals surface area contributed by atoms with Gasteiger partial charge in [0.15, 0.2) is 11.5 Å². The Hall–Kier alpha value is -2.97. The van der Waals surface area contributed by atoms with Gasteiger partial charge in [0.25, 0.3) is 0 Å². The first kappa shape index (κ1) is 17.8. The number of Topliss-reactive ketones (excluding diaryl/α,β-unsaturated/α-hetero) is 1. The van der Waals surface area contributed by atoms with Gasteiger partial charge in [0.1, 0.15) is 6.04 Å². The SMILES string of the molecule is Cc1ccc(CC(=O)[C@H](Cn2cccn2)n2cnc(C(F)(F)F)c2)nc1. The lowest BCUT2D eigenvalue weighted by atomic mass is 10.1. The van der Waals surface area contributed by atoms with Crippen LogP contribution in [0, 0.1) is 6.92 Å². The Bertz CT molecular complexity index is 869. The summed E-state index contributed by atoms with van der Waals surface area (Å²) in [6, 6.07) is 4.37. The standard InChI is InChI=1S/C17H16F3N5O/c1-12-3-4-13(21-8-12)7-15(26)14(9-25-6-2-5-23-25)24-10-16(22-11-24)17(18,19)20/h2-6,8,10-11,14H,7,9H2,1H3/t14-/m0/s1. The second-order valence-electron chi connectivity index (χ2n) is 5.92. The molecule has 9 heteroatoms. The number of carbonyl (C=O) groups excluding carboxylic acids is 1. The van der Waals surface area contributed by atoms with Crippen molar-refractivity contribution in [1.29, 1.82) is 0 Å². The molecule has 0 saturated heterocycles. The van der Waals surface area contributed by atoms with E-state index in [0.717, 1.165) is 18.1 Å². The van der Waals surface area contributed by atoms with Crippen molar-refractivity contribution in [2.24, 2.45) is 0 Å². The zero-order chi connectivity index (χ0) is 18.7. The van der Waals surface area contributed by atoms with E-state index in [-0.39, 0.29) is 18.7 Å². The molecule has 3 rings (SSSR count). The smallest absolute Gasteiger partial charge is 0.324 e. The van der Waals surface area contributed by atoms with E-state index in [1.165, 1.54) is 15.4 Å². The molecule has 3 aromatic heterocycles. The topological polar surface area (TPSA) is 65.6 Å². The van der Waals surface area contributed by atoms with Crippen molar-refractivity contribution >= 4 is 5.78 Å². The van der Waals surface area contributed by atoms with Gasteiger partial charge in [-0.25, -0.2) is 4.98 Å². The van der Waals surface area contributed by atoms with Gasteiger partial charge in [-0.1, -0.05) is 6.07 Å². The average Bonchev–Trinajstić information content (AvgIpc) is 3.25. The molecule has 0 saturated carbocycles. The maximum absolute atomic E-state index is 12.8. The zero-order valence-electron chi connectivity index (χ0n) is 13.9. The fourth-order valence-corrected chi connectivity index (χ4v) is 2.50. The molecule has 6 nitrogen and oxygen atoms in total. The number of aromatic nitrogens is 5. The Morgan fingerprint density at radius 1 is 1.27 bits per heavy atom. The molecule has 0 aliphatic rings. The van der Waals surface area contributed by atoms with Crippen LogP contribution in [0.5, 0.6) is 0 Å². The summed E-state index contributed by atoms with van der Waals surface area (Å²) in [5, 5.41) is 4.03. The van der Waals surface area contributed by atoms with Crippen molar-refractivity contribution in [3.05, 3.63) is 66.3 Å². The summed E-state index contributed by atoms with van der Waals surface area (Å²) in [6.07, 6.45) is 2.13. The number of carbonyl (C=O) groups is 1. The molecule has 0 aliphatic carbocycles. The van der Waals surface area contributed by atoms with Gasteiger partial charge < -0.3 is 4.57 Å². The molecule has 0 amide bonds. The third-order valence-electron chi connectivity index (χ3n) is 3.87. The van der Waals surface area contributed by atoms with E-state index in [1.807, 2.05) is 13.0 Å². The van der Waals surface area contributed by atoms with Crippen LogP contribution in [0.1, 0.15) is 23.0 Å². The number of ketones is 1. The fraction of sp³-hybridized carbons (Fsp3) is 0.294. The van der Waals surface area contributed by atoms with Crippen LogP contribution in [0.25, 0.3) is 0 Å². The van der Waals surface area contributed by atoms with Crippen LogP contribution in [0.4, 0.5) is 13.2 Å². The van der Waals surface area contributed by atoms with Gasteiger partial charge in [-0.05, 0) is 24.6 Å². The van der Waals surface area contributed by atoms with Crippen LogP contribution < -0.4 is 0 Å². The van der Waals surface area contributed by atoms with Crippen LogP contribution in [0.15, 0.2) is 49.3 Å². The number of hydrogen-bond acceptors (Lipinski definition) is 4. The predicted molar refractivity (Wildman–Crippen MR) is 86.2 cm³/mol. The van der Waals surface area contributed by atoms with Gasteiger partial charge in [-0.3, -0.25) is 14.5 Å². The lowest BCUT2D eigenvalue weighted by Crippen LogP contribution is -2.26. The zero-order valence-corrected chi connectivity index (χ0v) is 13.9. The van der Waals surface area contributed by atoms with E-state index in [2.05, 4.69) is 15.1 Å². The molecular formula is C17H16F3N5O. The van der Waals surface area contributed by atoms with Gasteiger partial charge >= 0.3 is 6.18 Å². The Morgan fingerprint density at radius 3 is 2.65 bits per heavy atom. The predicted octanol–water partition coefficient (Wildman–Crippen LogP) is 2.85. The first-order valence-electron chi connectivity index (χ1n) is 7.85. The molecule has 0 spiro atoms. The highest BCUT2D eigenvalue weighted by Crippen LogP contribution is 2.28. The number of hydrogen-bond donors (Lipinski definition) is 0. The third kappa shape index (κ3) is 4.16. The minimum absolute atomic E-state index is 0.00570. The Labute approximate surface area is 147 Å². The molecule has 0 bridgehead atoms. The first-order valence-corrected chi connectivity index (χ1v) is 7.85. The van der Waals surface area contributed by atoms with Crippen molar-refractivity contribution in [2.45, 2.75) is 32.1 Å². The highest BCUT2D eigenvalue weighted by atomic mass is 19.4. The molecule has 0 radical (unpaired) electrons. The number of imidazole rings is 1. The van der Waals surface area contributed by atoms with Crippen LogP contribution in [-0.4, -0.2) is 30.1 Å². The average molecular weight is 363 g/mol. The van der Waals surface area contributed by atoms with Crippen molar-refractivity contribution in [1.82, 2.24) is 24.3 Å². The van der Waals surface area contributed by atoms with Gasteiger partial charge in [-0.2, -0.15) is 18.3 Å². The van der Waals surface area contributed by atoms with E-state index in [4.69, 9.17) is 0 Å². The van der Waals surface area contributed by atoms with Gasteiger partial charge in [0.05, 0.1) is 19.3 Å². The second-order valence-corrected chi connectivity index (χ2v) is 5.92. The minimum Gasteiger partial charge on any atom is -0.324 e. The summed E-state index contributed by atoms with van der Waals surface area (Å²) in [7, 11) is 0. The number of alkyl halides is 3. The van der Waals surface area contributed by atoms with Gasteiger partial charge in [0.2, 0.25) is 0 Å². The third-order valence-corrected chi connectivity index (χ3v) is 3.87. The molecule has 0 unspecified atom stereocenters. The molecule has 0 N–H and O–H groups in total. The largest absolute Gasteiger partial charge is 0.434 e. The maximum Gasteiger partial charge on any atom is 0.434 e. The minimum atomic E-state index is -4.57. The van der Waals surface area contributed by atoms with Gasteiger partial charge in [0, 0.05) is 30.5 Å². The highest BCUT2D eigenvalue weighted by molar-refractivity contribution is 5.84. The number of aryl methyl sites for hydroxylation is 1. The molecule has 26 heavy (non-hydrogen) atoms. The molecule has 1 atom stereocenters. The van der Waals surface area contributed by atoms with E-state index in [0.29, 0.717) is 5.69 Å². The number of halogens is 3. The summed E-state index contributed by atoms with van der Waals surface area (Å²) in [5.41, 5.74) is 0.477. The number of nitrogens with zero attached hydrogens (tertiary/aromatic N) is 5. The number of rotatable bonds is 6. The molecule has 136 valence electrons. The van der Waals surface area contributed by atoms with E-state index in [9.17, 15) is 18.0 Å². The highest BCUT2D eigenvalue weighted by Gasteiger charge is 2.34. The summed E-state index contributed by atoms with van der Waals surface area (Å²) in [4.78, 5) is 20.3. The van der Waals surface area contributed by atoms with Crippen LogP contribution in [-0.2, 0) is 23.9 Å². The lowest BCUT2D eigenvalue weighted by molar-refractivity contribution is -0.141. The Balaban J connectivity index is 1.86. The van der Waals surface area contributed by atoms with Crippen molar-refractivity contribution in [3.8, 4) is 0 Å². The molecule has 3 aromatic rings. The Kier molecular flexibility index (Phi) is 4.88. The van der Waals surface area contributed by atoms with E-state index >= 15 is 0 Å². The maximum atomic E-state index is 12.8. The van der Waals surface area contributed by atoms with Gasteiger partial charge in [-0.15, -0.1) is 0 Å². The summed E-state index contributed by atoms with van der Waals surface area (Å²) in [5.74, 6) is -0.275. The molecular weight excluding hydrogens is 347 g/mol. The second kappa shape index (κ2) is 7.11. The lowest BCUT2D eigenvalue weighted by Gasteiger charge is -2.17. The van der Waals surface area contributed by atoms with E-state index in [1.54, 1.807) is 24.5 Å². The normalized spacial score (nSPS) is 12.9. The summed E-state index contributed by atoms with van der Waals surface area (Å²) in [6.45, 7) is 1.98. The van der Waals surface area contributed by atoms with Crippen LogP contribution in [0.3, 0.4) is 0 Å². The molecule has 0 fully saturated rings. The quantitative estimate of drug-likeness (QED) is 0.676. The molecule has 3 heterocycles. The van der Waals surface area contributed by atoms with Crippen LogP contribution in [0.2, 0.25) is 0 Å². The van der Waals surface area contributed by atoms with Crippen molar-refractivity contribution < 1.29 is 18.0 Å². The van der Waals surface area contributed by atoms with Crippen molar-refractivity contribution in [3.63, 3.8) is 0 Å². The van der Waals surface area contributed by atoms with Crippen molar-refractivity contribution in [2.75, 3.05) is 0 Å². The summed E-state index contributed by atoms with van der Waals surface area (Å²) < 4.78 is 41.2.